The summed E-state index contributed by atoms with van der Waals surface area (Å²) >= 11 is 0. The van der Waals surface area contributed by atoms with Crippen molar-refractivity contribution >= 4 is 6.03 Å². The van der Waals surface area contributed by atoms with Gasteiger partial charge in [-0.3, -0.25) is 4.90 Å². The topological polar surface area (TPSA) is 64.6 Å². The molecule has 0 aromatic heterocycles. The van der Waals surface area contributed by atoms with Crippen LogP contribution >= 0.6 is 0 Å². The fraction of sp³-hybridized carbons (Fsp3) is 0.533. The number of piperidine rings is 1. The van der Waals surface area contributed by atoms with Crippen LogP contribution in [0.25, 0.3) is 0 Å². The molecule has 1 aliphatic rings. The number of aliphatic hydroxyl groups excluding tert-OH is 1. The van der Waals surface area contributed by atoms with E-state index in [1.54, 1.807) is 0 Å². The lowest BCUT2D eigenvalue weighted by molar-refractivity contribution is 0.185. The van der Waals surface area contributed by atoms with Crippen LogP contribution in [0.5, 0.6) is 0 Å². The smallest absolute Gasteiger partial charge is 0.315 e. The zero-order chi connectivity index (χ0) is 15.1. The van der Waals surface area contributed by atoms with E-state index in [4.69, 9.17) is 5.11 Å². The highest BCUT2D eigenvalue weighted by Crippen LogP contribution is 2.14. The molecule has 2 rings (SSSR count). The van der Waals surface area contributed by atoms with E-state index in [-0.39, 0.29) is 31.0 Å². The van der Waals surface area contributed by atoms with Crippen molar-refractivity contribution in [2.24, 2.45) is 0 Å². The Kier molecular flexibility index (Phi) is 5.95. The Morgan fingerprint density at radius 3 is 2.57 bits per heavy atom. The summed E-state index contributed by atoms with van der Waals surface area (Å²) in [6.07, 6.45) is 1.79. The summed E-state index contributed by atoms with van der Waals surface area (Å²) in [6, 6.07) is 6.53. The number of halogens is 1. The van der Waals surface area contributed by atoms with Crippen LogP contribution in [-0.2, 0) is 6.54 Å². The Hall–Kier alpha value is -1.66. The summed E-state index contributed by atoms with van der Waals surface area (Å²) in [5, 5.41) is 14.1. The molecule has 6 heteroatoms. The van der Waals surface area contributed by atoms with E-state index in [1.807, 2.05) is 12.1 Å². The molecule has 1 aliphatic heterocycles. The van der Waals surface area contributed by atoms with Gasteiger partial charge < -0.3 is 15.7 Å². The summed E-state index contributed by atoms with van der Waals surface area (Å²) in [5.74, 6) is -0.212. The third-order valence-corrected chi connectivity index (χ3v) is 3.64. The molecule has 3 N–H and O–H groups in total. The molecule has 116 valence electrons. The molecule has 0 unspecified atom stereocenters. The first-order valence-corrected chi connectivity index (χ1v) is 7.29. The van der Waals surface area contributed by atoms with E-state index >= 15 is 0 Å². The molecule has 0 spiro atoms. The van der Waals surface area contributed by atoms with Crippen molar-refractivity contribution < 1.29 is 14.3 Å². The fourth-order valence-corrected chi connectivity index (χ4v) is 2.49. The van der Waals surface area contributed by atoms with E-state index in [9.17, 15) is 9.18 Å². The Morgan fingerprint density at radius 1 is 1.29 bits per heavy atom. The van der Waals surface area contributed by atoms with Gasteiger partial charge in [-0.15, -0.1) is 0 Å². The molecular weight excluding hydrogens is 273 g/mol. The van der Waals surface area contributed by atoms with Gasteiger partial charge in [0.25, 0.3) is 0 Å². The van der Waals surface area contributed by atoms with Gasteiger partial charge in [0.1, 0.15) is 5.82 Å². The number of likely N-dealkylation sites (tertiary alicyclic amines) is 1. The van der Waals surface area contributed by atoms with Crippen molar-refractivity contribution in [1.82, 2.24) is 15.5 Å². The number of nitrogens with one attached hydrogen (secondary N) is 2. The fourth-order valence-electron chi connectivity index (χ4n) is 2.49. The SMILES string of the molecule is O=C(NCCO)NC1CCN(Cc2ccc(F)cc2)CC1. The van der Waals surface area contributed by atoms with Gasteiger partial charge in [-0.1, -0.05) is 12.1 Å². The minimum absolute atomic E-state index is 0.0520. The van der Waals surface area contributed by atoms with E-state index in [2.05, 4.69) is 15.5 Å². The summed E-state index contributed by atoms with van der Waals surface area (Å²) in [5.41, 5.74) is 1.10. The molecular formula is C15H22FN3O2. The molecule has 1 saturated heterocycles. The molecule has 0 radical (unpaired) electrons. The summed E-state index contributed by atoms with van der Waals surface area (Å²) in [6.45, 7) is 2.84. The lowest BCUT2D eigenvalue weighted by Gasteiger charge is -2.32. The minimum atomic E-state index is -0.221. The molecule has 21 heavy (non-hydrogen) atoms. The average molecular weight is 295 g/mol. The monoisotopic (exact) mass is 295 g/mol. The molecule has 2 amide bonds. The molecule has 1 fully saturated rings. The van der Waals surface area contributed by atoms with Crippen LogP contribution in [-0.4, -0.2) is 48.3 Å². The Morgan fingerprint density at radius 2 is 1.95 bits per heavy atom. The zero-order valence-electron chi connectivity index (χ0n) is 12.0. The van der Waals surface area contributed by atoms with Crippen molar-refractivity contribution in [2.45, 2.75) is 25.4 Å². The number of aliphatic hydroxyl groups is 1. The number of carbonyl (C=O) groups excluding carboxylic acids is 1. The molecule has 0 saturated carbocycles. The summed E-state index contributed by atoms with van der Waals surface area (Å²) in [4.78, 5) is 13.8. The van der Waals surface area contributed by atoms with Gasteiger partial charge in [0.05, 0.1) is 6.61 Å². The van der Waals surface area contributed by atoms with Gasteiger partial charge in [-0.25, -0.2) is 9.18 Å². The molecule has 1 aromatic rings. The number of hydrogen-bond acceptors (Lipinski definition) is 3. The Labute approximate surface area is 124 Å². The van der Waals surface area contributed by atoms with Crippen molar-refractivity contribution in [3.8, 4) is 0 Å². The largest absolute Gasteiger partial charge is 0.395 e. The van der Waals surface area contributed by atoms with Gasteiger partial charge in [-0.05, 0) is 30.5 Å². The second-order valence-electron chi connectivity index (χ2n) is 5.30. The van der Waals surface area contributed by atoms with Crippen molar-refractivity contribution in [3.63, 3.8) is 0 Å². The van der Waals surface area contributed by atoms with E-state index in [1.165, 1.54) is 12.1 Å². The maximum atomic E-state index is 12.9. The first-order chi connectivity index (χ1) is 10.2. The quantitative estimate of drug-likeness (QED) is 0.762. The minimum Gasteiger partial charge on any atom is -0.395 e. The maximum Gasteiger partial charge on any atom is 0.315 e. The lowest BCUT2D eigenvalue weighted by atomic mass is 10.0. The molecule has 0 bridgehead atoms. The lowest BCUT2D eigenvalue weighted by Crippen LogP contribution is -2.48. The van der Waals surface area contributed by atoms with Gasteiger partial charge in [0.2, 0.25) is 0 Å². The highest BCUT2D eigenvalue weighted by Gasteiger charge is 2.20. The Bertz CT molecular complexity index is 445. The number of carbonyl (C=O) groups is 1. The predicted octanol–water partition coefficient (Wildman–Crippen LogP) is 1.08. The molecule has 0 atom stereocenters. The van der Waals surface area contributed by atoms with Crippen LogP contribution in [0, 0.1) is 5.82 Å². The molecule has 0 aliphatic carbocycles. The molecule has 1 heterocycles. The van der Waals surface area contributed by atoms with Crippen LogP contribution in [0.1, 0.15) is 18.4 Å². The van der Waals surface area contributed by atoms with Crippen molar-refractivity contribution in [3.05, 3.63) is 35.6 Å². The molecule has 5 nitrogen and oxygen atoms in total. The maximum absolute atomic E-state index is 12.9. The number of hydrogen-bond donors (Lipinski definition) is 3. The van der Waals surface area contributed by atoms with Crippen LogP contribution < -0.4 is 10.6 Å². The number of amides is 2. The van der Waals surface area contributed by atoms with Gasteiger partial charge in [0, 0.05) is 32.2 Å². The van der Waals surface area contributed by atoms with Crippen LogP contribution in [0.3, 0.4) is 0 Å². The standard InChI is InChI=1S/C15H22FN3O2/c16-13-3-1-12(2-4-13)11-19-8-5-14(6-9-19)18-15(21)17-7-10-20/h1-4,14,20H,5-11H2,(H2,17,18,21). The Balaban J connectivity index is 1.70. The third-order valence-electron chi connectivity index (χ3n) is 3.64. The van der Waals surface area contributed by atoms with E-state index in [0.29, 0.717) is 0 Å². The highest BCUT2D eigenvalue weighted by atomic mass is 19.1. The van der Waals surface area contributed by atoms with E-state index < -0.39 is 0 Å². The van der Waals surface area contributed by atoms with Crippen molar-refractivity contribution in [2.75, 3.05) is 26.2 Å². The zero-order valence-corrected chi connectivity index (χ0v) is 12.0. The van der Waals surface area contributed by atoms with Gasteiger partial charge >= 0.3 is 6.03 Å². The highest BCUT2D eigenvalue weighted by molar-refractivity contribution is 5.74. The number of nitrogens with zero attached hydrogens (tertiary/aromatic N) is 1. The summed E-state index contributed by atoms with van der Waals surface area (Å²) < 4.78 is 12.9. The van der Waals surface area contributed by atoms with Crippen LogP contribution in [0.4, 0.5) is 9.18 Å². The second-order valence-corrected chi connectivity index (χ2v) is 5.30. The first-order valence-electron chi connectivity index (χ1n) is 7.29. The normalized spacial score (nSPS) is 16.7. The van der Waals surface area contributed by atoms with Crippen LogP contribution in [0.15, 0.2) is 24.3 Å². The van der Waals surface area contributed by atoms with Gasteiger partial charge in [-0.2, -0.15) is 0 Å². The first kappa shape index (κ1) is 15.7. The van der Waals surface area contributed by atoms with E-state index in [0.717, 1.165) is 38.0 Å². The van der Waals surface area contributed by atoms with Gasteiger partial charge in [0.15, 0.2) is 0 Å². The van der Waals surface area contributed by atoms with Crippen molar-refractivity contribution in [1.29, 1.82) is 0 Å². The van der Waals surface area contributed by atoms with Crippen LogP contribution in [0.2, 0.25) is 0 Å². The predicted molar refractivity (Wildman–Crippen MR) is 78.3 cm³/mol. The molecule has 1 aromatic carbocycles. The number of benzene rings is 1. The second kappa shape index (κ2) is 7.95. The average Bonchev–Trinajstić information content (AvgIpc) is 2.49. The summed E-state index contributed by atoms with van der Waals surface area (Å²) in [7, 11) is 0. The third kappa shape index (κ3) is 5.32. The number of urea groups is 1. The number of rotatable bonds is 5.